The van der Waals surface area contributed by atoms with Crippen molar-refractivity contribution >= 4 is 11.8 Å². The van der Waals surface area contributed by atoms with Crippen molar-refractivity contribution in [2.75, 3.05) is 31.3 Å². The first kappa shape index (κ1) is 15.2. The number of unbranched alkanes of at least 4 members (excludes halogenated alkanes) is 1. The molecule has 0 radical (unpaired) electrons. The summed E-state index contributed by atoms with van der Waals surface area (Å²) in [5.41, 5.74) is 5.50. The van der Waals surface area contributed by atoms with Crippen LogP contribution in [-0.2, 0) is 4.74 Å². The van der Waals surface area contributed by atoms with Gasteiger partial charge >= 0.3 is 0 Å². The third-order valence-corrected chi connectivity index (χ3v) is 3.49. The molecule has 0 aliphatic carbocycles. The van der Waals surface area contributed by atoms with E-state index in [1.165, 1.54) is 0 Å². The monoisotopic (exact) mass is 235 g/mol. The number of aliphatic hydroxyl groups excluding tert-OH is 1. The zero-order valence-corrected chi connectivity index (χ0v) is 10.8. The van der Waals surface area contributed by atoms with Gasteiger partial charge in [-0.2, -0.15) is 11.8 Å². The fourth-order valence-corrected chi connectivity index (χ4v) is 2.03. The van der Waals surface area contributed by atoms with Crippen LogP contribution < -0.4 is 5.73 Å². The van der Waals surface area contributed by atoms with Gasteiger partial charge in [-0.25, -0.2) is 0 Å². The molecule has 0 aromatic rings. The van der Waals surface area contributed by atoms with Gasteiger partial charge in [-0.05, 0) is 24.6 Å². The van der Waals surface area contributed by atoms with Gasteiger partial charge in [0.25, 0.3) is 0 Å². The van der Waals surface area contributed by atoms with Crippen molar-refractivity contribution in [1.29, 1.82) is 0 Å². The molecule has 0 amide bonds. The van der Waals surface area contributed by atoms with Crippen molar-refractivity contribution in [1.82, 2.24) is 0 Å². The molecule has 3 nitrogen and oxygen atoms in total. The van der Waals surface area contributed by atoms with Gasteiger partial charge in [-0.3, -0.25) is 0 Å². The lowest BCUT2D eigenvalue weighted by molar-refractivity contribution is 0.0473. The van der Waals surface area contributed by atoms with Crippen LogP contribution in [0.3, 0.4) is 0 Å². The lowest BCUT2D eigenvalue weighted by Gasteiger charge is -2.12. The molecule has 0 saturated heterocycles. The van der Waals surface area contributed by atoms with E-state index in [1.807, 2.05) is 0 Å². The zero-order chi connectivity index (χ0) is 11.5. The normalized spacial score (nSPS) is 15.2. The van der Waals surface area contributed by atoms with E-state index in [9.17, 15) is 5.11 Å². The highest BCUT2D eigenvalue weighted by Gasteiger charge is 2.06. The molecule has 92 valence electrons. The third kappa shape index (κ3) is 10.5. The van der Waals surface area contributed by atoms with E-state index in [-0.39, 0.29) is 6.10 Å². The maximum absolute atomic E-state index is 9.56. The second-order valence-electron chi connectivity index (χ2n) is 3.96. The SMILES string of the molecule is CCCCOCC(O)CSCC(C)CN. The van der Waals surface area contributed by atoms with E-state index in [0.717, 1.165) is 37.5 Å². The third-order valence-electron chi connectivity index (χ3n) is 2.07. The fourth-order valence-electron chi connectivity index (χ4n) is 0.987. The van der Waals surface area contributed by atoms with Gasteiger partial charge in [0, 0.05) is 12.4 Å². The second kappa shape index (κ2) is 10.7. The molecular weight excluding hydrogens is 210 g/mol. The number of nitrogens with two attached hydrogens (primary N) is 1. The second-order valence-corrected chi connectivity index (χ2v) is 5.04. The Morgan fingerprint density at radius 2 is 2.13 bits per heavy atom. The molecule has 0 aliphatic heterocycles. The first-order valence-corrected chi connectivity index (χ1v) is 6.89. The van der Waals surface area contributed by atoms with E-state index in [1.54, 1.807) is 11.8 Å². The molecule has 0 rings (SSSR count). The van der Waals surface area contributed by atoms with Crippen LogP contribution in [0.4, 0.5) is 0 Å². The van der Waals surface area contributed by atoms with Gasteiger partial charge in [0.15, 0.2) is 0 Å². The zero-order valence-electron chi connectivity index (χ0n) is 9.95. The molecule has 4 heteroatoms. The molecule has 3 N–H and O–H groups in total. The van der Waals surface area contributed by atoms with Crippen molar-refractivity contribution in [3.63, 3.8) is 0 Å². The topological polar surface area (TPSA) is 55.5 Å². The van der Waals surface area contributed by atoms with E-state index < -0.39 is 0 Å². The molecule has 15 heavy (non-hydrogen) atoms. The summed E-state index contributed by atoms with van der Waals surface area (Å²) < 4.78 is 5.33. The highest BCUT2D eigenvalue weighted by molar-refractivity contribution is 7.99. The Balaban J connectivity index is 3.21. The summed E-state index contributed by atoms with van der Waals surface area (Å²) in [5, 5.41) is 9.56. The Hall–Kier alpha value is 0.230. The first-order chi connectivity index (χ1) is 7.20. The lowest BCUT2D eigenvalue weighted by Crippen LogP contribution is -2.20. The summed E-state index contributed by atoms with van der Waals surface area (Å²) in [6.45, 7) is 6.19. The van der Waals surface area contributed by atoms with Crippen LogP contribution in [0.25, 0.3) is 0 Å². The number of aliphatic hydroxyl groups is 1. The predicted octanol–water partition coefficient (Wildman–Crippen LogP) is 1.49. The average Bonchev–Trinajstić information content (AvgIpc) is 2.24. The highest BCUT2D eigenvalue weighted by atomic mass is 32.2. The van der Waals surface area contributed by atoms with Gasteiger partial charge in [0.2, 0.25) is 0 Å². The molecular formula is C11H25NO2S. The number of rotatable bonds is 10. The number of hydrogen-bond acceptors (Lipinski definition) is 4. The van der Waals surface area contributed by atoms with Gasteiger partial charge in [0.05, 0.1) is 12.7 Å². The molecule has 0 spiro atoms. The first-order valence-electron chi connectivity index (χ1n) is 5.74. The predicted molar refractivity (Wildman–Crippen MR) is 67.3 cm³/mol. The molecule has 2 unspecified atom stereocenters. The van der Waals surface area contributed by atoms with Crippen LogP contribution in [0.15, 0.2) is 0 Å². The molecule has 0 aromatic heterocycles. The largest absolute Gasteiger partial charge is 0.390 e. The standard InChI is InChI=1S/C11H25NO2S/c1-3-4-5-14-7-11(13)9-15-8-10(2)6-12/h10-11,13H,3-9,12H2,1-2H3. The Morgan fingerprint density at radius 3 is 2.73 bits per heavy atom. The fraction of sp³-hybridized carbons (Fsp3) is 1.00. The maximum Gasteiger partial charge on any atom is 0.0863 e. The van der Waals surface area contributed by atoms with Crippen LogP contribution in [0.5, 0.6) is 0 Å². The summed E-state index contributed by atoms with van der Waals surface area (Å²) in [4.78, 5) is 0. The van der Waals surface area contributed by atoms with Crippen molar-refractivity contribution in [2.24, 2.45) is 11.7 Å². The lowest BCUT2D eigenvalue weighted by atomic mass is 10.2. The molecule has 0 fully saturated rings. The van der Waals surface area contributed by atoms with Crippen LogP contribution in [0.1, 0.15) is 26.7 Å². The Morgan fingerprint density at radius 1 is 1.40 bits per heavy atom. The van der Waals surface area contributed by atoms with E-state index in [2.05, 4.69) is 13.8 Å². The molecule has 0 saturated carbocycles. The Kier molecular flexibility index (Phi) is 10.9. The Labute approximate surface area is 97.8 Å². The van der Waals surface area contributed by atoms with Crippen molar-refractivity contribution in [2.45, 2.75) is 32.8 Å². The Bertz CT molecular complexity index is 136. The molecule has 2 atom stereocenters. The average molecular weight is 235 g/mol. The summed E-state index contributed by atoms with van der Waals surface area (Å²) in [6.07, 6.45) is 1.87. The van der Waals surface area contributed by atoms with Crippen molar-refractivity contribution in [3.8, 4) is 0 Å². The van der Waals surface area contributed by atoms with Crippen LogP contribution in [0, 0.1) is 5.92 Å². The van der Waals surface area contributed by atoms with Crippen LogP contribution in [0.2, 0.25) is 0 Å². The molecule has 0 bridgehead atoms. The molecule has 0 aromatic carbocycles. The summed E-state index contributed by atoms with van der Waals surface area (Å²) in [6, 6.07) is 0. The quantitative estimate of drug-likeness (QED) is 0.563. The smallest absolute Gasteiger partial charge is 0.0863 e. The van der Waals surface area contributed by atoms with Gasteiger partial charge in [-0.15, -0.1) is 0 Å². The minimum Gasteiger partial charge on any atom is -0.390 e. The number of thioether (sulfide) groups is 1. The van der Waals surface area contributed by atoms with Gasteiger partial charge in [-0.1, -0.05) is 20.3 Å². The maximum atomic E-state index is 9.56. The minimum absolute atomic E-state index is 0.336. The number of ether oxygens (including phenoxy) is 1. The van der Waals surface area contributed by atoms with Crippen molar-refractivity contribution in [3.05, 3.63) is 0 Å². The highest BCUT2D eigenvalue weighted by Crippen LogP contribution is 2.09. The van der Waals surface area contributed by atoms with E-state index in [0.29, 0.717) is 12.5 Å². The van der Waals surface area contributed by atoms with Gasteiger partial charge < -0.3 is 15.6 Å². The summed E-state index contributed by atoms with van der Waals surface area (Å²) in [5.74, 6) is 2.29. The van der Waals surface area contributed by atoms with E-state index >= 15 is 0 Å². The van der Waals surface area contributed by atoms with E-state index in [4.69, 9.17) is 10.5 Å². The summed E-state index contributed by atoms with van der Waals surface area (Å²) >= 11 is 1.75. The van der Waals surface area contributed by atoms with Crippen LogP contribution in [-0.4, -0.2) is 42.5 Å². The van der Waals surface area contributed by atoms with Crippen LogP contribution >= 0.6 is 11.8 Å². The minimum atomic E-state index is -0.336. The van der Waals surface area contributed by atoms with Gasteiger partial charge in [0.1, 0.15) is 0 Å². The summed E-state index contributed by atoms with van der Waals surface area (Å²) in [7, 11) is 0. The van der Waals surface area contributed by atoms with Crippen molar-refractivity contribution < 1.29 is 9.84 Å². The molecule has 0 heterocycles. The molecule has 0 aliphatic rings. The number of hydrogen-bond donors (Lipinski definition) is 2.